The fourth-order valence-electron chi connectivity index (χ4n) is 2.99. The van der Waals surface area contributed by atoms with Gasteiger partial charge in [-0.25, -0.2) is 17.8 Å². The summed E-state index contributed by atoms with van der Waals surface area (Å²) in [5.41, 5.74) is 1.74. The molecular weight excluding hydrogens is 330 g/mol. The normalized spacial score (nSPS) is 16.6. The lowest BCUT2D eigenvalue weighted by molar-refractivity contribution is -0.132. The van der Waals surface area contributed by atoms with Crippen molar-refractivity contribution < 1.29 is 13.2 Å². The minimum absolute atomic E-state index is 0.0624. The standard InChI is InChI=1S/C15H21N5O3S/c1-24(22,23)17-12-6-9-19(10-7-12)15(21)8-11-20-14-5-3-2-4-13(14)16-18-20/h2-5,12,17H,6-11H2,1H3. The molecule has 1 saturated heterocycles. The number of fused-ring (bicyclic) bond motifs is 1. The number of carbonyl (C=O) groups is 1. The van der Waals surface area contributed by atoms with Crippen molar-refractivity contribution in [2.45, 2.75) is 31.8 Å². The molecule has 1 aromatic heterocycles. The van der Waals surface area contributed by atoms with Crippen LogP contribution in [-0.2, 0) is 21.4 Å². The summed E-state index contributed by atoms with van der Waals surface area (Å²) in [5, 5.41) is 8.16. The van der Waals surface area contributed by atoms with Crippen LogP contribution in [0.3, 0.4) is 0 Å². The molecule has 0 aliphatic carbocycles. The van der Waals surface area contributed by atoms with Gasteiger partial charge >= 0.3 is 0 Å². The van der Waals surface area contributed by atoms with Crippen LogP contribution < -0.4 is 4.72 Å². The monoisotopic (exact) mass is 351 g/mol. The number of sulfonamides is 1. The lowest BCUT2D eigenvalue weighted by Crippen LogP contribution is -2.46. The first-order valence-corrected chi connectivity index (χ1v) is 9.85. The van der Waals surface area contributed by atoms with Crippen molar-refractivity contribution in [3.63, 3.8) is 0 Å². The fourth-order valence-corrected chi connectivity index (χ4v) is 3.83. The van der Waals surface area contributed by atoms with Crippen molar-refractivity contribution in [3.8, 4) is 0 Å². The molecule has 1 aliphatic rings. The summed E-state index contributed by atoms with van der Waals surface area (Å²) in [7, 11) is -3.19. The summed E-state index contributed by atoms with van der Waals surface area (Å²) in [4.78, 5) is 14.1. The van der Waals surface area contributed by atoms with E-state index in [4.69, 9.17) is 0 Å². The van der Waals surface area contributed by atoms with Crippen LogP contribution in [0.5, 0.6) is 0 Å². The van der Waals surface area contributed by atoms with Crippen LogP contribution in [0.15, 0.2) is 24.3 Å². The highest BCUT2D eigenvalue weighted by atomic mass is 32.2. The van der Waals surface area contributed by atoms with Crippen LogP contribution in [0.25, 0.3) is 11.0 Å². The lowest BCUT2D eigenvalue weighted by Gasteiger charge is -2.32. The van der Waals surface area contributed by atoms with E-state index in [-0.39, 0.29) is 11.9 Å². The molecule has 130 valence electrons. The number of hydrogen-bond acceptors (Lipinski definition) is 5. The molecule has 1 aliphatic heterocycles. The molecule has 3 rings (SSSR count). The van der Waals surface area contributed by atoms with Gasteiger partial charge in [-0.05, 0) is 25.0 Å². The van der Waals surface area contributed by atoms with Crippen LogP contribution in [-0.4, -0.2) is 59.6 Å². The number of aryl methyl sites for hydroxylation is 1. The largest absolute Gasteiger partial charge is 0.343 e. The van der Waals surface area contributed by atoms with E-state index in [9.17, 15) is 13.2 Å². The average molecular weight is 351 g/mol. The smallest absolute Gasteiger partial charge is 0.224 e. The van der Waals surface area contributed by atoms with Crippen LogP contribution in [0.4, 0.5) is 0 Å². The highest BCUT2D eigenvalue weighted by molar-refractivity contribution is 7.88. The van der Waals surface area contributed by atoms with Gasteiger partial charge in [0, 0.05) is 25.6 Å². The van der Waals surface area contributed by atoms with Gasteiger partial charge in [-0.1, -0.05) is 17.3 Å². The molecule has 0 spiro atoms. The molecule has 9 heteroatoms. The van der Waals surface area contributed by atoms with E-state index in [1.54, 1.807) is 9.58 Å². The summed E-state index contributed by atoms with van der Waals surface area (Å²) in [5.74, 6) is 0.0624. The number of hydrogen-bond donors (Lipinski definition) is 1. The van der Waals surface area contributed by atoms with Gasteiger partial charge in [-0.2, -0.15) is 0 Å². The van der Waals surface area contributed by atoms with Crippen molar-refractivity contribution in [2.75, 3.05) is 19.3 Å². The van der Waals surface area contributed by atoms with Gasteiger partial charge in [-0.15, -0.1) is 5.10 Å². The van der Waals surface area contributed by atoms with Crippen LogP contribution >= 0.6 is 0 Å². The second-order valence-corrected chi connectivity index (χ2v) is 7.88. The Morgan fingerprint density at radius 3 is 2.71 bits per heavy atom. The first kappa shape index (κ1) is 16.8. The van der Waals surface area contributed by atoms with Crippen LogP contribution in [0, 0.1) is 0 Å². The highest BCUT2D eigenvalue weighted by Gasteiger charge is 2.24. The van der Waals surface area contributed by atoms with E-state index >= 15 is 0 Å². The number of carbonyl (C=O) groups excluding carboxylic acids is 1. The Morgan fingerprint density at radius 2 is 2.00 bits per heavy atom. The molecule has 0 unspecified atom stereocenters. The maximum Gasteiger partial charge on any atom is 0.224 e. The van der Waals surface area contributed by atoms with E-state index in [0.29, 0.717) is 38.9 Å². The first-order valence-electron chi connectivity index (χ1n) is 7.96. The number of piperidine rings is 1. The van der Waals surface area contributed by atoms with Crippen molar-refractivity contribution in [3.05, 3.63) is 24.3 Å². The number of benzene rings is 1. The van der Waals surface area contributed by atoms with E-state index in [1.165, 1.54) is 0 Å². The average Bonchev–Trinajstić information content (AvgIpc) is 2.95. The summed E-state index contributed by atoms with van der Waals surface area (Å²) in [6.07, 6.45) is 2.81. The number of likely N-dealkylation sites (tertiary alicyclic amines) is 1. The minimum Gasteiger partial charge on any atom is -0.343 e. The predicted octanol–water partition coefficient (Wildman–Crippen LogP) is 0.362. The van der Waals surface area contributed by atoms with Gasteiger partial charge in [0.25, 0.3) is 0 Å². The Balaban J connectivity index is 1.51. The van der Waals surface area contributed by atoms with E-state index in [1.807, 2.05) is 24.3 Å². The van der Waals surface area contributed by atoms with E-state index in [0.717, 1.165) is 17.3 Å². The molecule has 1 amide bonds. The van der Waals surface area contributed by atoms with E-state index < -0.39 is 10.0 Å². The van der Waals surface area contributed by atoms with Gasteiger partial charge in [0.15, 0.2) is 0 Å². The van der Waals surface area contributed by atoms with Crippen molar-refractivity contribution in [1.29, 1.82) is 0 Å². The SMILES string of the molecule is CS(=O)(=O)NC1CCN(C(=O)CCn2nnc3ccccc32)CC1. The number of rotatable bonds is 5. The maximum absolute atomic E-state index is 12.3. The molecule has 0 saturated carbocycles. The maximum atomic E-state index is 12.3. The Morgan fingerprint density at radius 1 is 1.29 bits per heavy atom. The Kier molecular flexibility index (Phi) is 4.81. The molecular formula is C15H21N5O3S. The molecule has 1 N–H and O–H groups in total. The third-order valence-corrected chi connectivity index (χ3v) is 4.95. The number of para-hydroxylation sites is 1. The molecule has 0 radical (unpaired) electrons. The van der Waals surface area contributed by atoms with Crippen LogP contribution in [0.2, 0.25) is 0 Å². The van der Waals surface area contributed by atoms with Crippen LogP contribution in [0.1, 0.15) is 19.3 Å². The second-order valence-electron chi connectivity index (χ2n) is 6.10. The lowest BCUT2D eigenvalue weighted by atomic mass is 10.1. The zero-order chi connectivity index (χ0) is 17.2. The summed E-state index contributed by atoms with van der Waals surface area (Å²) < 4.78 is 26.8. The quantitative estimate of drug-likeness (QED) is 0.839. The van der Waals surface area contributed by atoms with Crippen molar-refractivity contribution >= 4 is 27.0 Å². The Hall–Kier alpha value is -2.00. The number of aromatic nitrogens is 3. The molecule has 1 aromatic carbocycles. The summed E-state index contributed by atoms with van der Waals surface area (Å²) >= 11 is 0. The molecule has 1 fully saturated rings. The highest BCUT2D eigenvalue weighted by Crippen LogP contribution is 2.14. The van der Waals surface area contributed by atoms with Gasteiger partial charge < -0.3 is 4.90 Å². The third-order valence-electron chi connectivity index (χ3n) is 4.19. The molecule has 2 heterocycles. The van der Waals surface area contributed by atoms with Gasteiger partial charge in [0.05, 0.1) is 18.3 Å². The topological polar surface area (TPSA) is 97.2 Å². The molecule has 24 heavy (non-hydrogen) atoms. The Labute approximate surface area is 140 Å². The zero-order valence-electron chi connectivity index (χ0n) is 13.6. The summed E-state index contributed by atoms with van der Waals surface area (Å²) in [6, 6.07) is 7.57. The van der Waals surface area contributed by atoms with Crippen molar-refractivity contribution in [1.82, 2.24) is 24.6 Å². The summed E-state index contributed by atoms with van der Waals surface area (Å²) in [6.45, 7) is 1.63. The Bertz CT molecular complexity index is 825. The zero-order valence-corrected chi connectivity index (χ0v) is 14.4. The van der Waals surface area contributed by atoms with Gasteiger partial charge in [-0.3, -0.25) is 4.79 Å². The molecule has 0 atom stereocenters. The second kappa shape index (κ2) is 6.86. The molecule has 0 bridgehead atoms. The number of nitrogens with one attached hydrogen (secondary N) is 1. The molecule has 8 nitrogen and oxygen atoms in total. The van der Waals surface area contributed by atoms with Crippen molar-refractivity contribution in [2.24, 2.45) is 0 Å². The fraction of sp³-hybridized carbons (Fsp3) is 0.533. The number of nitrogens with zero attached hydrogens (tertiary/aromatic N) is 4. The molecule has 2 aromatic rings. The van der Waals surface area contributed by atoms with Gasteiger partial charge in [0.2, 0.25) is 15.9 Å². The third kappa shape index (κ3) is 4.09. The van der Waals surface area contributed by atoms with Gasteiger partial charge in [0.1, 0.15) is 5.52 Å². The predicted molar refractivity (Wildman–Crippen MR) is 89.7 cm³/mol. The van der Waals surface area contributed by atoms with E-state index in [2.05, 4.69) is 15.0 Å². The number of amides is 1. The minimum atomic E-state index is -3.19. The first-order chi connectivity index (χ1) is 11.4.